The van der Waals surface area contributed by atoms with Gasteiger partial charge in [-0.3, -0.25) is 0 Å². The van der Waals surface area contributed by atoms with Crippen LogP contribution in [0.1, 0.15) is 39.5 Å². The SMILES string of the molecule is CCCCC(CC)C(=O)[O-].O=S(=O)([O-])C(F)(F)F.[Cr+2].[Cr+3]. The summed E-state index contributed by atoms with van der Waals surface area (Å²) < 4.78 is 58.9. The van der Waals surface area contributed by atoms with E-state index in [0.717, 1.165) is 19.3 Å². The predicted octanol–water partition coefficient (Wildman–Crippen LogP) is 0.999. The van der Waals surface area contributed by atoms with Gasteiger partial charge < -0.3 is 14.5 Å². The van der Waals surface area contributed by atoms with Gasteiger partial charge in [0.2, 0.25) is 0 Å². The minimum Gasteiger partial charge on any atom is -0.741 e. The first-order valence-electron chi connectivity index (χ1n) is 5.20. The molecule has 0 saturated heterocycles. The maximum Gasteiger partial charge on any atom is 3.00 e. The van der Waals surface area contributed by atoms with Gasteiger partial charge >= 0.3 is 40.2 Å². The largest absolute Gasteiger partial charge is 3.00 e. The summed E-state index contributed by atoms with van der Waals surface area (Å²) in [6.07, 6.45) is 3.52. The number of hydrogen-bond donors (Lipinski definition) is 0. The van der Waals surface area contributed by atoms with E-state index in [9.17, 15) is 23.1 Å². The molecule has 0 saturated carbocycles. The summed E-state index contributed by atoms with van der Waals surface area (Å²) in [5.74, 6) is -1.11. The second-order valence-electron chi connectivity index (χ2n) is 3.47. The number of hydrogen-bond acceptors (Lipinski definition) is 5. The van der Waals surface area contributed by atoms with Gasteiger partial charge in [0, 0.05) is 5.97 Å². The van der Waals surface area contributed by atoms with Gasteiger partial charge in [-0.25, -0.2) is 8.42 Å². The smallest absolute Gasteiger partial charge is 0.741 e. The van der Waals surface area contributed by atoms with Gasteiger partial charge in [-0.05, 0) is 18.8 Å². The molecule has 0 heterocycles. The minimum absolute atomic E-state index is 0. The fourth-order valence-corrected chi connectivity index (χ4v) is 0.939. The summed E-state index contributed by atoms with van der Waals surface area (Å²) >= 11 is 0. The van der Waals surface area contributed by atoms with Crippen LogP contribution in [0.4, 0.5) is 13.2 Å². The van der Waals surface area contributed by atoms with Crippen LogP contribution < -0.4 is 5.11 Å². The second-order valence-corrected chi connectivity index (χ2v) is 4.84. The van der Waals surface area contributed by atoms with E-state index in [1.54, 1.807) is 0 Å². The Bertz CT molecular complexity index is 346. The third kappa shape index (κ3) is 14.6. The van der Waals surface area contributed by atoms with Crippen LogP contribution in [0.25, 0.3) is 0 Å². The average Bonchev–Trinajstić information content (AvgIpc) is 2.16. The molecule has 0 fully saturated rings. The van der Waals surface area contributed by atoms with E-state index >= 15 is 0 Å². The molecule has 0 aromatic carbocycles. The molecule has 0 bridgehead atoms. The molecule has 0 aromatic heterocycles. The molecule has 0 amide bonds. The topological polar surface area (TPSA) is 97.3 Å². The van der Waals surface area contributed by atoms with Crippen LogP contribution in [0.15, 0.2) is 0 Å². The Morgan fingerprint density at radius 1 is 1.25 bits per heavy atom. The maximum absolute atomic E-state index is 10.7. The minimum atomic E-state index is -6.09. The number of carboxylic acids is 1. The molecule has 20 heavy (non-hydrogen) atoms. The van der Waals surface area contributed by atoms with Gasteiger partial charge in [0.15, 0.2) is 10.1 Å². The zero-order valence-corrected chi connectivity index (χ0v) is 14.2. The van der Waals surface area contributed by atoms with Gasteiger partial charge in [-0.2, -0.15) is 13.2 Å². The van der Waals surface area contributed by atoms with Crippen LogP contribution in [0, 0.1) is 5.92 Å². The van der Waals surface area contributed by atoms with Crippen molar-refractivity contribution in [3.05, 3.63) is 0 Å². The van der Waals surface area contributed by atoms with Crippen molar-refractivity contribution >= 4 is 16.1 Å². The average molecular weight is 396 g/mol. The number of halogens is 3. The van der Waals surface area contributed by atoms with E-state index in [4.69, 9.17) is 13.0 Å². The Kier molecular flexibility index (Phi) is 18.4. The second kappa shape index (κ2) is 12.9. The quantitative estimate of drug-likeness (QED) is 0.510. The molecular formula is C9H15Cr2F3O5S+3. The van der Waals surface area contributed by atoms with E-state index in [1.807, 2.05) is 6.92 Å². The van der Waals surface area contributed by atoms with Crippen LogP contribution in [-0.2, 0) is 49.6 Å². The van der Waals surface area contributed by atoms with Crippen molar-refractivity contribution < 1.29 is 70.8 Å². The van der Waals surface area contributed by atoms with Crippen LogP contribution in [0.5, 0.6) is 0 Å². The van der Waals surface area contributed by atoms with E-state index in [1.165, 1.54) is 0 Å². The molecule has 0 rings (SSSR count). The summed E-state index contributed by atoms with van der Waals surface area (Å²) in [5.41, 5.74) is -5.65. The maximum atomic E-state index is 10.7. The summed E-state index contributed by atoms with van der Waals surface area (Å²) in [6.45, 7) is 3.94. The number of alkyl halides is 3. The standard InChI is InChI=1S/C8H16O2.CHF3O3S.2Cr/c1-3-5-6-7(4-2)8(9)10;2-1(3,4)8(5,6)7;;/h7H,3-6H2,1-2H3,(H,9,10);(H,5,6,7);;/q;;+2;+3/p-2. The van der Waals surface area contributed by atoms with Crippen LogP contribution >= 0.6 is 0 Å². The Morgan fingerprint density at radius 3 is 1.75 bits per heavy atom. The number of carboxylic acid groups (broad SMARTS) is 1. The number of aliphatic carboxylic acids is 1. The number of unbranched alkanes of at least 4 members (excludes halogenated alkanes) is 1. The molecule has 1 atom stereocenters. The monoisotopic (exact) mass is 396 g/mol. The number of carbonyl (C=O) groups excluding carboxylic acids is 1. The molecule has 5 nitrogen and oxygen atoms in total. The first-order chi connectivity index (χ1) is 7.97. The van der Waals surface area contributed by atoms with Crippen LogP contribution in [-0.4, -0.2) is 24.4 Å². The Labute approximate surface area is 137 Å². The third-order valence-corrected chi connectivity index (χ3v) is 2.58. The molecule has 0 aliphatic heterocycles. The van der Waals surface area contributed by atoms with E-state index in [2.05, 4.69) is 6.92 Å². The van der Waals surface area contributed by atoms with Gasteiger partial charge in [-0.15, -0.1) is 0 Å². The molecule has 0 aromatic rings. The summed E-state index contributed by atoms with van der Waals surface area (Å²) in [7, 11) is -6.09. The van der Waals surface area contributed by atoms with Crippen molar-refractivity contribution in [2.24, 2.45) is 5.92 Å². The molecular weight excluding hydrogens is 381 g/mol. The Morgan fingerprint density at radius 2 is 1.60 bits per heavy atom. The third-order valence-electron chi connectivity index (χ3n) is 2.02. The van der Waals surface area contributed by atoms with Crippen molar-refractivity contribution in [1.82, 2.24) is 0 Å². The van der Waals surface area contributed by atoms with Crippen molar-refractivity contribution in [1.29, 1.82) is 0 Å². The van der Waals surface area contributed by atoms with E-state index < -0.39 is 21.6 Å². The van der Waals surface area contributed by atoms with E-state index in [-0.39, 0.29) is 40.6 Å². The zero-order valence-electron chi connectivity index (χ0n) is 10.8. The molecule has 11 heteroatoms. The van der Waals surface area contributed by atoms with Gasteiger partial charge in [0.25, 0.3) is 0 Å². The van der Waals surface area contributed by atoms with Crippen molar-refractivity contribution in [2.75, 3.05) is 0 Å². The summed E-state index contributed by atoms with van der Waals surface area (Å²) in [6, 6.07) is 0. The van der Waals surface area contributed by atoms with Gasteiger partial charge in [0.1, 0.15) is 0 Å². The number of rotatable bonds is 5. The van der Waals surface area contributed by atoms with Crippen molar-refractivity contribution in [2.45, 2.75) is 45.0 Å². The molecule has 1 radical (unpaired) electrons. The summed E-state index contributed by atoms with van der Waals surface area (Å²) in [5, 5.41) is 10.3. The Balaban J connectivity index is -0.000000119. The molecule has 1 unspecified atom stereocenters. The first-order valence-corrected chi connectivity index (χ1v) is 6.61. The predicted molar refractivity (Wildman–Crippen MR) is 54.1 cm³/mol. The van der Waals surface area contributed by atoms with Gasteiger partial charge in [-0.1, -0.05) is 26.7 Å². The first kappa shape index (κ1) is 28.4. The molecule has 0 spiro atoms. The zero-order chi connectivity index (χ0) is 15.0. The number of carbonyl (C=O) groups is 1. The Hall–Kier alpha value is 0.235. The fourth-order valence-electron chi connectivity index (χ4n) is 0.939. The molecule has 0 N–H and O–H groups in total. The fraction of sp³-hybridized carbons (Fsp3) is 0.889. The summed E-state index contributed by atoms with van der Waals surface area (Å²) in [4.78, 5) is 10.3. The van der Waals surface area contributed by atoms with Gasteiger partial charge in [0.05, 0.1) is 0 Å². The van der Waals surface area contributed by atoms with E-state index in [0.29, 0.717) is 6.42 Å². The van der Waals surface area contributed by atoms with Crippen molar-refractivity contribution in [3.8, 4) is 0 Å². The molecule has 117 valence electrons. The molecule has 0 aliphatic carbocycles. The van der Waals surface area contributed by atoms with Crippen LogP contribution in [0.2, 0.25) is 0 Å². The molecule has 0 aliphatic rings. The van der Waals surface area contributed by atoms with Crippen molar-refractivity contribution in [3.63, 3.8) is 0 Å². The normalized spacial score (nSPS) is 12.1. The van der Waals surface area contributed by atoms with Crippen LogP contribution in [0.3, 0.4) is 0 Å².